The number of phenols is 1. The standard InChI is InChI=1S/C15H18BrN3O/c1-18-9-12(8-17-18)15-3-2-6-19(15)10-11-7-13(20)4-5-14(11)16/h4-5,7-9,15,20H,2-3,6,10H2,1H3. The molecular formula is C15H18BrN3O. The fourth-order valence-electron chi connectivity index (χ4n) is 2.91. The Balaban J connectivity index is 1.81. The van der Waals surface area contributed by atoms with Crippen molar-refractivity contribution in [3.05, 3.63) is 46.2 Å². The molecule has 1 aromatic carbocycles. The van der Waals surface area contributed by atoms with Gasteiger partial charge in [-0.2, -0.15) is 5.10 Å². The van der Waals surface area contributed by atoms with Crippen LogP contribution < -0.4 is 0 Å². The van der Waals surface area contributed by atoms with Crippen LogP contribution in [0.4, 0.5) is 0 Å². The Morgan fingerprint density at radius 2 is 2.30 bits per heavy atom. The highest BCUT2D eigenvalue weighted by molar-refractivity contribution is 9.10. The SMILES string of the molecule is Cn1cc(C2CCCN2Cc2cc(O)ccc2Br)cn1. The Bertz CT molecular complexity index is 611. The van der Waals surface area contributed by atoms with Gasteiger partial charge >= 0.3 is 0 Å². The van der Waals surface area contributed by atoms with Crippen molar-refractivity contribution in [1.29, 1.82) is 0 Å². The molecule has 2 heterocycles. The third-order valence-corrected chi connectivity index (χ3v) is 4.65. The van der Waals surface area contributed by atoms with E-state index in [0.29, 0.717) is 11.8 Å². The maximum absolute atomic E-state index is 9.65. The van der Waals surface area contributed by atoms with Gasteiger partial charge in [0.25, 0.3) is 0 Å². The van der Waals surface area contributed by atoms with Crippen molar-refractivity contribution in [2.75, 3.05) is 6.54 Å². The molecule has 1 aliphatic heterocycles. The minimum Gasteiger partial charge on any atom is -0.508 e. The van der Waals surface area contributed by atoms with E-state index in [1.807, 2.05) is 30.1 Å². The Morgan fingerprint density at radius 3 is 3.05 bits per heavy atom. The number of likely N-dealkylation sites (tertiary alicyclic amines) is 1. The smallest absolute Gasteiger partial charge is 0.115 e. The van der Waals surface area contributed by atoms with E-state index in [1.165, 1.54) is 18.4 Å². The Hall–Kier alpha value is -1.33. The van der Waals surface area contributed by atoms with Crippen molar-refractivity contribution in [3.8, 4) is 5.75 Å². The number of aromatic hydroxyl groups is 1. The van der Waals surface area contributed by atoms with E-state index in [0.717, 1.165) is 23.1 Å². The number of phenolic OH excluding ortho intramolecular Hbond substituents is 1. The van der Waals surface area contributed by atoms with Crippen LogP contribution in [-0.2, 0) is 13.6 Å². The normalized spacial score (nSPS) is 19.6. The Kier molecular flexibility index (Phi) is 3.81. The van der Waals surface area contributed by atoms with Crippen LogP contribution in [0.25, 0.3) is 0 Å². The lowest BCUT2D eigenvalue weighted by molar-refractivity contribution is 0.247. The van der Waals surface area contributed by atoms with Crippen LogP contribution >= 0.6 is 15.9 Å². The summed E-state index contributed by atoms with van der Waals surface area (Å²) in [5.41, 5.74) is 2.40. The summed E-state index contributed by atoms with van der Waals surface area (Å²) in [6.45, 7) is 1.93. The highest BCUT2D eigenvalue weighted by atomic mass is 79.9. The van der Waals surface area contributed by atoms with Gasteiger partial charge in [0.2, 0.25) is 0 Å². The summed E-state index contributed by atoms with van der Waals surface area (Å²) in [5, 5.41) is 13.9. The van der Waals surface area contributed by atoms with Crippen LogP contribution in [0.15, 0.2) is 35.1 Å². The predicted molar refractivity (Wildman–Crippen MR) is 81.4 cm³/mol. The molecule has 3 rings (SSSR count). The highest BCUT2D eigenvalue weighted by Gasteiger charge is 2.27. The number of halogens is 1. The molecule has 5 heteroatoms. The second kappa shape index (κ2) is 5.58. The van der Waals surface area contributed by atoms with Gasteiger partial charge in [0.05, 0.1) is 6.20 Å². The van der Waals surface area contributed by atoms with E-state index in [-0.39, 0.29) is 0 Å². The first-order chi connectivity index (χ1) is 9.63. The van der Waals surface area contributed by atoms with Gasteiger partial charge in [0.1, 0.15) is 5.75 Å². The predicted octanol–water partition coefficient (Wildman–Crippen LogP) is 3.23. The first kappa shape index (κ1) is 13.6. The van der Waals surface area contributed by atoms with Gasteiger partial charge in [0.15, 0.2) is 0 Å². The van der Waals surface area contributed by atoms with Gasteiger partial charge in [0, 0.05) is 35.9 Å². The second-order valence-electron chi connectivity index (χ2n) is 5.35. The van der Waals surface area contributed by atoms with Gasteiger partial charge in [-0.15, -0.1) is 0 Å². The summed E-state index contributed by atoms with van der Waals surface area (Å²) >= 11 is 3.56. The molecule has 0 spiro atoms. The van der Waals surface area contributed by atoms with E-state index in [4.69, 9.17) is 0 Å². The molecule has 0 radical (unpaired) electrons. The number of benzene rings is 1. The molecule has 0 amide bonds. The lowest BCUT2D eigenvalue weighted by Gasteiger charge is -2.24. The third-order valence-electron chi connectivity index (χ3n) is 3.88. The summed E-state index contributed by atoms with van der Waals surface area (Å²) < 4.78 is 2.91. The molecule has 1 aliphatic rings. The molecule has 4 nitrogen and oxygen atoms in total. The number of nitrogens with zero attached hydrogens (tertiary/aromatic N) is 3. The molecule has 106 valence electrons. The number of aryl methyl sites for hydroxylation is 1. The zero-order chi connectivity index (χ0) is 14.1. The molecule has 1 unspecified atom stereocenters. The van der Waals surface area contributed by atoms with Crippen LogP contribution in [-0.4, -0.2) is 26.3 Å². The van der Waals surface area contributed by atoms with E-state index in [1.54, 1.807) is 6.07 Å². The van der Waals surface area contributed by atoms with Crippen LogP contribution in [0.3, 0.4) is 0 Å². The summed E-state index contributed by atoms with van der Waals surface area (Å²) in [7, 11) is 1.95. The minimum absolute atomic E-state index is 0.320. The second-order valence-corrected chi connectivity index (χ2v) is 6.21. The van der Waals surface area contributed by atoms with E-state index < -0.39 is 0 Å². The van der Waals surface area contributed by atoms with E-state index >= 15 is 0 Å². The molecule has 1 N–H and O–H groups in total. The maximum atomic E-state index is 9.65. The van der Waals surface area contributed by atoms with Crippen molar-refractivity contribution in [2.45, 2.75) is 25.4 Å². The summed E-state index contributed by atoms with van der Waals surface area (Å²) in [4.78, 5) is 2.45. The zero-order valence-electron chi connectivity index (χ0n) is 11.5. The zero-order valence-corrected chi connectivity index (χ0v) is 13.0. The molecule has 0 saturated carbocycles. The van der Waals surface area contributed by atoms with Crippen LogP contribution in [0.1, 0.15) is 30.0 Å². The molecule has 1 atom stereocenters. The first-order valence-electron chi connectivity index (χ1n) is 6.83. The molecule has 2 aromatic rings. The largest absolute Gasteiger partial charge is 0.508 e. The van der Waals surface area contributed by atoms with E-state index in [2.05, 4.69) is 32.1 Å². The number of aromatic nitrogens is 2. The van der Waals surface area contributed by atoms with Crippen LogP contribution in [0.2, 0.25) is 0 Å². The fourth-order valence-corrected chi connectivity index (χ4v) is 3.28. The van der Waals surface area contributed by atoms with Crippen molar-refractivity contribution >= 4 is 15.9 Å². The van der Waals surface area contributed by atoms with Gasteiger partial charge in [-0.25, -0.2) is 0 Å². The maximum Gasteiger partial charge on any atom is 0.115 e. The quantitative estimate of drug-likeness (QED) is 0.936. The van der Waals surface area contributed by atoms with Gasteiger partial charge in [-0.3, -0.25) is 9.58 Å². The van der Waals surface area contributed by atoms with Crippen LogP contribution in [0, 0.1) is 0 Å². The van der Waals surface area contributed by atoms with Crippen molar-refractivity contribution < 1.29 is 5.11 Å². The minimum atomic E-state index is 0.320. The number of hydrogen-bond donors (Lipinski definition) is 1. The molecular weight excluding hydrogens is 318 g/mol. The lowest BCUT2D eigenvalue weighted by Crippen LogP contribution is -2.22. The van der Waals surface area contributed by atoms with Gasteiger partial charge < -0.3 is 5.11 Å². The fraction of sp³-hybridized carbons (Fsp3) is 0.400. The summed E-state index contributed by atoms with van der Waals surface area (Å²) in [6, 6.07) is 5.87. The molecule has 0 aliphatic carbocycles. The van der Waals surface area contributed by atoms with Crippen molar-refractivity contribution in [3.63, 3.8) is 0 Å². The number of hydrogen-bond acceptors (Lipinski definition) is 3. The van der Waals surface area contributed by atoms with Gasteiger partial charge in [-0.1, -0.05) is 15.9 Å². The number of rotatable bonds is 3. The van der Waals surface area contributed by atoms with Crippen LogP contribution in [0.5, 0.6) is 5.75 Å². The molecule has 1 fully saturated rings. The lowest BCUT2D eigenvalue weighted by atomic mass is 10.1. The monoisotopic (exact) mass is 335 g/mol. The van der Waals surface area contributed by atoms with Gasteiger partial charge in [-0.05, 0) is 43.1 Å². The Labute approximate surface area is 127 Å². The molecule has 1 aromatic heterocycles. The van der Waals surface area contributed by atoms with E-state index in [9.17, 15) is 5.11 Å². The highest BCUT2D eigenvalue weighted by Crippen LogP contribution is 2.34. The third kappa shape index (κ3) is 2.74. The first-order valence-corrected chi connectivity index (χ1v) is 7.63. The molecule has 1 saturated heterocycles. The average Bonchev–Trinajstić information content (AvgIpc) is 3.02. The summed E-state index contributed by atoms with van der Waals surface area (Å²) in [6.07, 6.45) is 6.43. The van der Waals surface area contributed by atoms with Crippen molar-refractivity contribution in [1.82, 2.24) is 14.7 Å². The van der Waals surface area contributed by atoms with Crippen molar-refractivity contribution in [2.24, 2.45) is 7.05 Å². The summed E-state index contributed by atoms with van der Waals surface area (Å²) in [5.74, 6) is 0.320. The molecule has 20 heavy (non-hydrogen) atoms. The Morgan fingerprint density at radius 1 is 1.45 bits per heavy atom. The average molecular weight is 336 g/mol. The molecule has 0 bridgehead atoms. The topological polar surface area (TPSA) is 41.3 Å².